The van der Waals surface area contributed by atoms with Crippen molar-refractivity contribution < 1.29 is 23.9 Å². The number of cyclic esters (lactones) is 1. The summed E-state index contributed by atoms with van der Waals surface area (Å²) in [6.45, 7) is 2.55. The highest BCUT2D eigenvalue weighted by Gasteiger charge is 2.39. The van der Waals surface area contributed by atoms with Gasteiger partial charge in [0.25, 0.3) is 11.8 Å². The number of carbonyl (C=O) groups excluding carboxylic acids is 3. The first kappa shape index (κ1) is 19.0. The van der Waals surface area contributed by atoms with E-state index in [1.165, 1.54) is 4.90 Å². The highest BCUT2D eigenvalue weighted by atomic mass is 16.5. The Balaban J connectivity index is 1.60. The Hall–Kier alpha value is -3.35. The largest absolute Gasteiger partial charge is 0.477 e. The van der Waals surface area contributed by atoms with Crippen molar-refractivity contribution in [3.8, 4) is 5.75 Å². The van der Waals surface area contributed by atoms with Crippen LogP contribution in [0.15, 0.2) is 48.5 Å². The molecule has 0 spiro atoms. The van der Waals surface area contributed by atoms with Gasteiger partial charge in [-0.2, -0.15) is 0 Å². The molecule has 0 bridgehead atoms. The second-order valence-electron chi connectivity index (χ2n) is 7.07. The molecule has 0 saturated heterocycles. The Morgan fingerprint density at radius 2 is 1.83 bits per heavy atom. The highest BCUT2D eigenvalue weighted by Crippen LogP contribution is 2.34. The maximum absolute atomic E-state index is 13.3. The Kier molecular flexibility index (Phi) is 5.20. The third-order valence-corrected chi connectivity index (χ3v) is 5.05. The summed E-state index contributed by atoms with van der Waals surface area (Å²) in [5.41, 5.74) is 1.82. The lowest BCUT2D eigenvalue weighted by Crippen LogP contribution is -2.54. The predicted molar refractivity (Wildman–Crippen MR) is 106 cm³/mol. The van der Waals surface area contributed by atoms with Crippen molar-refractivity contribution in [1.29, 1.82) is 0 Å². The van der Waals surface area contributed by atoms with Gasteiger partial charge in [-0.25, -0.2) is 4.79 Å². The van der Waals surface area contributed by atoms with E-state index in [1.807, 2.05) is 19.1 Å². The predicted octanol–water partition coefficient (Wildman–Crippen LogP) is 2.09. The fraction of sp³-hybridized carbons (Fsp3) is 0.318. The zero-order chi connectivity index (χ0) is 20.4. The number of benzene rings is 2. The average Bonchev–Trinajstić information content (AvgIpc) is 2.76. The van der Waals surface area contributed by atoms with Crippen LogP contribution >= 0.6 is 0 Å². The van der Waals surface area contributed by atoms with Crippen molar-refractivity contribution in [2.24, 2.45) is 0 Å². The molecule has 4 rings (SSSR count). The Labute approximate surface area is 168 Å². The van der Waals surface area contributed by atoms with Crippen LogP contribution in [-0.4, -0.2) is 43.1 Å². The summed E-state index contributed by atoms with van der Waals surface area (Å²) in [6, 6.07) is 14.2. The first-order valence-electron chi connectivity index (χ1n) is 9.72. The molecule has 7 heteroatoms. The lowest BCUT2D eigenvalue weighted by atomic mass is 9.97. The van der Waals surface area contributed by atoms with E-state index >= 15 is 0 Å². The van der Waals surface area contributed by atoms with Crippen molar-refractivity contribution in [2.75, 3.05) is 18.0 Å². The molecule has 0 fully saturated rings. The summed E-state index contributed by atoms with van der Waals surface area (Å²) in [7, 11) is 0. The fourth-order valence-corrected chi connectivity index (χ4v) is 3.58. The van der Waals surface area contributed by atoms with Crippen LogP contribution in [0.4, 0.5) is 5.69 Å². The van der Waals surface area contributed by atoms with E-state index < -0.39 is 18.2 Å². The Bertz CT molecular complexity index is 958. The van der Waals surface area contributed by atoms with E-state index in [1.54, 1.807) is 36.4 Å². The van der Waals surface area contributed by atoms with Crippen LogP contribution in [0.2, 0.25) is 0 Å². The number of esters is 1. The lowest BCUT2D eigenvalue weighted by molar-refractivity contribution is -0.130. The van der Waals surface area contributed by atoms with Crippen LogP contribution in [-0.2, 0) is 20.7 Å². The van der Waals surface area contributed by atoms with Gasteiger partial charge in [0.1, 0.15) is 5.75 Å². The van der Waals surface area contributed by atoms with Crippen molar-refractivity contribution in [3.63, 3.8) is 0 Å². The maximum Gasteiger partial charge on any atom is 0.339 e. The van der Waals surface area contributed by atoms with Gasteiger partial charge in [0.2, 0.25) is 0 Å². The third-order valence-electron chi connectivity index (χ3n) is 5.05. The van der Waals surface area contributed by atoms with Crippen LogP contribution in [0.1, 0.15) is 29.3 Å². The normalized spacial score (nSPS) is 20.0. The molecule has 2 aromatic rings. The molecular weight excluding hydrogens is 372 g/mol. The Morgan fingerprint density at radius 1 is 1.07 bits per heavy atom. The quantitative estimate of drug-likeness (QED) is 0.803. The summed E-state index contributed by atoms with van der Waals surface area (Å²) in [6.07, 6.45) is -0.669. The van der Waals surface area contributed by atoms with Gasteiger partial charge in [0.15, 0.2) is 12.2 Å². The minimum atomic E-state index is -0.942. The zero-order valence-corrected chi connectivity index (χ0v) is 16.1. The van der Waals surface area contributed by atoms with Crippen molar-refractivity contribution in [1.82, 2.24) is 5.32 Å². The fourth-order valence-electron chi connectivity index (χ4n) is 3.58. The number of amides is 2. The number of ether oxygens (including phenoxy) is 2. The molecule has 0 aliphatic carbocycles. The van der Waals surface area contributed by atoms with Gasteiger partial charge in [-0.1, -0.05) is 37.3 Å². The average molecular weight is 394 g/mol. The van der Waals surface area contributed by atoms with Crippen LogP contribution in [0, 0.1) is 0 Å². The van der Waals surface area contributed by atoms with E-state index in [0.29, 0.717) is 30.0 Å². The maximum atomic E-state index is 13.3. The van der Waals surface area contributed by atoms with E-state index in [4.69, 9.17) is 9.47 Å². The zero-order valence-electron chi connectivity index (χ0n) is 16.1. The monoisotopic (exact) mass is 394 g/mol. The molecule has 2 aliphatic rings. The minimum Gasteiger partial charge on any atom is -0.477 e. The number of anilines is 1. The second-order valence-corrected chi connectivity index (χ2v) is 7.07. The van der Waals surface area contributed by atoms with Crippen LogP contribution in [0.25, 0.3) is 0 Å². The van der Waals surface area contributed by atoms with Gasteiger partial charge in [0, 0.05) is 13.0 Å². The van der Waals surface area contributed by atoms with E-state index in [-0.39, 0.29) is 18.4 Å². The first-order chi connectivity index (χ1) is 14.1. The standard InChI is InChI=1S/C22H22N2O5/c1-2-11-23-20(25)19-13-24(16-9-5-6-10-17(16)28-19)21(26)18-12-14-7-3-4-8-15(14)22(27)29-18/h3-10,18-19H,2,11-13H2,1H3,(H,23,25)/t18-,19+/m1/s1. The number of fused-ring (bicyclic) bond motifs is 2. The highest BCUT2D eigenvalue weighted by molar-refractivity contribution is 6.03. The summed E-state index contributed by atoms with van der Waals surface area (Å²) >= 11 is 0. The van der Waals surface area contributed by atoms with Gasteiger partial charge < -0.3 is 19.7 Å². The number of rotatable bonds is 4. The molecule has 150 valence electrons. The number of carbonyl (C=O) groups is 3. The van der Waals surface area contributed by atoms with Gasteiger partial charge >= 0.3 is 5.97 Å². The molecule has 2 heterocycles. The number of nitrogens with zero attached hydrogens (tertiary/aromatic N) is 1. The molecular formula is C22H22N2O5. The second kappa shape index (κ2) is 7.95. The van der Waals surface area contributed by atoms with Crippen LogP contribution in [0.3, 0.4) is 0 Å². The number of hydrogen-bond donors (Lipinski definition) is 1. The summed E-state index contributed by atoms with van der Waals surface area (Å²) in [5, 5.41) is 2.80. The van der Waals surface area contributed by atoms with Gasteiger partial charge in [0.05, 0.1) is 17.8 Å². The van der Waals surface area contributed by atoms with E-state index in [2.05, 4.69) is 5.32 Å². The molecule has 0 aromatic heterocycles. The van der Waals surface area contributed by atoms with Gasteiger partial charge in [-0.3, -0.25) is 9.59 Å². The molecule has 0 saturated carbocycles. The molecule has 0 radical (unpaired) electrons. The van der Waals surface area contributed by atoms with E-state index in [9.17, 15) is 14.4 Å². The number of para-hydroxylation sites is 2. The van der Waals surface area contributed by atoms with Crippen LogP contribution in [0.5, 0.6) is 5.75 Å². The Morgan fingerprint density at radius 3 is 2.66 bits per heavy atom. The summed E-state index contributed by atoms with van der Waals surface area (Å²) in [4.78, 5) is 39.6. The SMILES string of the molecule is CCCNC(=O)[C@@H]1CN(C(=O)[C@H]2Cc3ccccc3C(=O)O2)c2ccccc2O1. The summed E-state index contributed by atoms with van der Waals surface area (Å²) < 4.78 is 11.3. The van der Waals surface area contributed by atoms with Gasteiger partial charge in [-0.05, 0) is 30.2 Å². The van der Waals surface area contributed by atoms with E-state index in [0.717, 1.165) is 12.0 Å². The summed E-state index contributed by atoms with van der Waals surface area (Å²) in [5.74, 6) is -0.697. The lowest BCUT2D eigenvalue weighted by Gasteiger charge is -2.36. The third kappa shape index (κ3) is 3.68. The smallest absolute Gasteiger partial charge is 0.339 e. The molecule has 7 nitrogen and oxygen atoms in total. The molecule has 2 amide bonds. The molecule has 2 aromatic carbocycles. The van der Waals surface area contributed by atoms with Crippen molar-refractivity contribution >= 4 is 23.5 Å². The van der Waals surface area contributed by atoms with Crippen LogP contribution < -0.4 is 15.0 Å². The molecule has 2 aliphatic heterocycles. The molecule has 29 heavy (non-hydrogen) atoms. The van der Waals surface area contributed by atoms with Gasteiger partial charge in [-0.15, -0.1) is 0 Å². The minimum absolute atomic E-state index is 0.0566. The van der Waals surface area contributed by atoms with Crippen molar-refractivity contribution in [3.05, 3.63) is 59.7 Å². The number of nitrogens with one attached hydrogen (secondary N) is 1. The topological polar surface area (TPSA) is 84.9 Å². The molecule has 0 unspecified atom stereocenters. The van der Waals surface area contributed by atoms with Crippen molar-refractivity contribution in [2.45, 2.75) is 32.0 Å². The molecule has 1 N–H and O–H groups in total. The molecule has 2 atom stereocenters. The first-order valence-corrected chi connectivity index (χ1v) is 9.72. The number of hydrogen-bond acceptors (Lipinski definition) is 5.